The van der Waals surface area contributed by atoms with Crippen LogP contribution in [-0.4, -0.2) is 17.6 Å². The Kier molecular flexibility index (Phi) is 4.60. The normalized spacial score (nSPS) is 28.5. The van der Waals surface area contributed by atoms with Crippen LogP contribution in [0.5, 0.6) is 0 Å². The maximum Gasteiger partial charge on any atom is 0.389 e. The molecule has 0 atom stereocenters. The van der Waals surface area contributed by atoms with E-state index in [9.17, 15) is 18.0 Å². The van der Waals surface area contributed by atoms with E-state index in [0.29, 0.717) is 18.8 Å². The number of nitriles is 1. The summed E-state index contributed by atoms with van der Waals surface area (Å²) in [5.41, 5.74) is -0.963. The highest BCUT2D eigenvalue weighted by molar-refractivity contribution is 5.77. The number of hydrogen-bond acceptors (Lipinski definition) is 2. The molecule has 0 aliphatic heterocycles. The molecule has 0 bridgehead atoms. The van der Waals surface area contributed by atoms with E-state index in [2.05, 4.69) is 18.3 Å². The topological polar surface area (TPSA) is 52.9 Å². The number of nitrogens with one attached hydrogen (secondary N) is 1. The summed E-state index contributed by atoms with van der Waals surface area (Å²) in [5, 5.41) is 11.6. The van der Waals surface area contributed by atoms with Gasteiger partial charge in [-0.25, -0.2) is 0 Å². The number of amides is 1. The Hall–Kier alpha value is -1.25. The third-order valence-electron chi connectivity index (χ3n) is 3.36. The van der Waals surface area contributed by atoms with E-state index in [1.54, 1.807) is 0 Å². The van der Waals surface area contributed by atoms with Gasteiger partial charge in [-0.2, -0.15) is 18.4 Å². The van der Waals surface area contributed by atoms with Crippen molar-refractivity contribution in [1.29, 1.82) is 5.26 Å². The summed E-state index contributed by atoms with van der Waals surface area (Å²) in [7, 11) is 0. The molecule has 1 aliphatic rings. The lowest BCUT2D eigenvalue weighted by Crippen LogP contribution is -2.49. The Bertz CT molecular complexity index is 338. The highest BCUT2D eigenvalue weighted by atomic mass is 19.4. The molecule has 1 aliphatic carbocycles. The van der Waals surface area contributed by atoms with Crippen LogP contribution in [0.25, 0.3) is 0 Å². The number of rotatable bonds is 3. The SMILES string of the molecule is CC1CCC(C#N)(NC(=O)CCC(F)(F)F)CC1. The largest absolute Gasteiger partial charge is 0.389 e. The Balaban J connectivity index is 2.49. The Morgan fingerprint density at radius 3 is 2.44 bits per heavy atom. The standard InChI is InChI=1S/C12H17F3N2O/c1-9-2-5-11(8-16,6-3-9)17-10(18)4-7-12(13,14)15/h9H,2-7H2,1H3,(H,17,18). The van der Waals surface area contributed by atoms with E-state index >= 15 is 0 Å². The molecular formula is C12H17F3N2O. The first-order valence-corrected chi connectivity index (χ1v) is 6.05. The maximum atomic E-state index is 12.0. The van der Waals surface area contributed by atoms with E-state index < -0.39 is 30.5 Å². The Morgan fingerprint density at radius 2 is 2.00 bits per heavy atom. The second-order valence-corrected chi connectivity index (χ2v) is 5.04. The zero-order valence-corrected chi connectivity index (χ0v) is 10.3. The second kappa shape index (κ2) is 5.59. The quantitative estimate of drug-likeness (QED) is 0.850. The van der Waals surface area contributed by atoms with E-state index in [4.69, 9.17) is 5.26 Å². The van der Waals surface area contributed by atoms with Gasteiger partial charge in [-0.05, 0) is 31.6 Å². The molecule has 0 radical (unpaired) electrons. The second-order valence-electron chi connectivity index (χ2n) is 5.04. The summed E-state index contributed by atoms with van der Waals surface area (Å²) in [6.07, 6.45) is -3.43. The molecule has 3 nitrogen and oxygen atoms in total. The maximum absolute atomic E-state index is 12.0. The molecule has 1 amide bonds. The van der Waals surface area contributed by atoms with Crippen molar-refractivity contribution in [3.8, 4) is 6.07 Å². The minimum absolute atomic E-state index is 0.499. The molecule has 0 aromatic rings. The average molecular weight is 262 g/mol. The molecule has 0 aromatic carbocycles. The van der Waals surface area contributed by atoms with Crippen LogP contribution in [0.4, 0.5) is 13.2 Å². The van der Waals surface area contributed by atoms with Crippen LogP contribution in [0.2, 0.25) is 0 Å². The van der Waals surface area contributed by atoms with Crippen molar-refractivity contribution >= 4 is 5.91 Å². The average Bonchev–Trinajstić information content (AvgIpc) is 2.29. The zero-order valence-electron chi connectivity index (χ0n) is 10.3. The Morgan fingerprint density at radius 1 is 1.44 bits per heavy atom. The third kappa shape index (κ3) is 4.55. The van der Waals surface area contributed by atoms with E-state index in [0.717, 1.165) is 12.8 Å². The first-order chi connectivity index (χ1) is 8.26. The van der Waals surface area contributed by atoms with Crippen LogP contribution in [0.1, 0.15) is 45.4 Å². The number of halogens is 3. The molecule has 102 valence electrons. The molecule has 1 fully saturated rings. The summed E-state index contributed by atoms with van der Waals surface area (Å²) in [5.74, 6) is -0.193. The number of alkyl halides is 3. The Labute approximate surface area is 104 Å². The van der Waals surface area contributed by atoms with Crippen molar-refractivity contribution in [2.75, 3.05) is 0 Å². The fourth-order valence-corrected chi connectivity index (χ4v) is 2.10. The number of nitrogens with zero attached hydrogens (tertiary/aromatic N) is 1. The minimum atomic E-state index is -4.34. The van der Waals surface area contributed by atoms with E-state index in [1.165, 1.54) is 0 Å². The molecule has 0 unspecified atom stereocenters. The van der Waals surface area contributed by atoms with Gasteiger partial charge in [0.05, 0.1) is 12.5 Å². The summed E-state index contributed by atoms with van der Waals surface area (Å²) in [4.78, 5) is 11.4. The van der Waals surface area contributed by atoms with Gasteiger partial charge in [0.1, 0.15) is 5.54 Å². The van der Waals surface area contributed by atoms with Gasteiger partial charge in [-0.3, -0.25) is 4.79 Å². The van der Waals surface area contributed by atoms with E-state index in [-0.39, 0.29) is 0 Å². The van der Waals surface area contributed by atoms with Gasteiger partial charge >= 0.3 is 6.18 Å². The van der Waals surface area contributed by atoms with Gasteiger partial charge < -0.3 is 5.32 Å². The molecule has 1 saturated carbocycles. The van der Waals surface area contributed by atoms with Crippen molar-refractivity contribution in [3.05, 3.63) is 0 Å². The lowest BCUT2D eigenvalue weighted by molar-refractivity contribution is -0.144. The molecule has 0 heterocycles. The summed E-state index contributed by atoms with van der Waals surface area (Å²) in [6.45, 7) is 2.06. The molecule has 0 aromatic heterocycles. The monoisotopic (exact) mass is 262 g/mol. The van der Waals surface area contributed by atoms with Crippen LogP contribution >= 0.6 is 0 Å². The van der Waals surface area contributed by atoms with Gasteiger partial charge in [0.15, 0.2) is 0 Å². The van der Waals surface area contributed by atoms with Crippen LogP contribution in [0.15, 0.2) is 0 Å². The molecule has 18 heavy (non-hydrogen) atoms. The fourth-order valence-electron chi connectivity index (χ4n) is 2.10. The molecule has 0 saturated heterocycles. The smallest absolute Gasteiger partial charge is 0.338 e. The molecule has 0 spiro atoms. The van der Waals surface area contributed by atoms with Crippen molar-refractivity contribution in [1.82, 2.24) is 5.32 Å². The minimum Gasteiger partial charge on any atom is -0.338 e. The molecule has 1 N–H and O–H groups in total. The van der Waals surface area contributed by atoms with Crippen LogP contribution < -0.4 is 5.32 Å². The predicted octanol–water partition coefficient (Wildman–Crippen LogP) is 2.92. The van der Waals surface area contributed by atoms with Gasteiger partial charge in [-0.15, -0.1) is 0 Å². The van der Waals surface area contributed by atoms with Gasteiger partial charge in [-0.1, -0.05) is 6.92 Å². The molecular weight excluding hydrogens is 245 g/mol. The van der Waals surface area contributed by atoms with Crippen LogP contribution in [-0.2, 0) is 4.79 Å². The summed E-state index contributed by atoms with van der Waals surface area (Å²) < 4.78 is 35.9. The number of carbonyl (C=O) groups is 1. The first kappa shape index (κ1) is 14.8. The number of carbonyl (C=O) groups excluding carboxylic acids is 1. The van der Waals surface area contributed by atoms with Crippen LogP contribution in [0.3, 0.4) is 0 Å². The highest BCUT2D eigenvalue weighted by Crippen LogP contribution is 2.31. The molecule has 6 heteroatoms. The van der Waals surface area contributed by atoms with Crippen molar-refractivity contribution < 1.29 is 18.0 Å². The zero-order chi connectivity index (χ0) is 13.8. The lowest BCUT2D eigenvalue weighted by Gasteiger charge is -2.34. The summed E-state index contributed by atoms with van der Waals surface area (Å²) in [6, 6.07) is 2.05. The predicted molar refractivity (Wildman–Crippen MR) is 59.4 cm³/mol. The van der Waals surface area contributed by atoms with E-state index in [1.807, 2.05) is 0 Å². The fraction of sp³-hybridized carbons (Fsp3) is 0.833. The van der Waals surface area contributed by atoms with Crippen molar-refractivity contribution in [2.24, 2.45) is 5.92 Å². The highest BCUT2D eigenvalue weighted by Gasteiger charge is 2.36. The lowest BCUT2D eigenvalue weighted by atomic mass is 9.78. The number of hydrogen-bond donors (Lipinski definition) is 1. The third-order valence-corrected chi connectivity index (χ3v) is 3.36. The van der Waals surface area contributed by atoms with Crippen LogP contribution in [0, 0.1) is 17.2 Å². The van der Waals surface area contributed by atoms with Crippen molar-refractivity contribution in [2.45, 2.75) is 57.2 Å². The van der Waals surface area contributed by atoms with Gasteiger partial charge in [0, 0.05) is 6.42 Å². The van der Waals surface area contributed by atoms with Gasteiger partial charge in [0.2, 0.25) is 5.91 Å². The summed E-state index contributed by atoms with van der Waals surface area (Å²) >= 11 is 0. The molecule has 1 rings (SSSR count). The van der Waals surface area contributed by atoms with Gasteiger partial charge in [0.25, 0.3) is 0 Å². The van der Waals surface area contributed by atoms with Crippen molar-refractivity contribution in [3.63, 3.8) is 0 Å². The first-order valence-electron chi connectivity index (χ1n) is 6.05.